The number of hydrogen-bond acceptors (Lipinski definition) is 5. The van der Waals surface area contributed by atoms with E-state index in [-0.39, 0.29) is 29.7 Å². The molecule has 0 unspecified atom stereocenters. The van der Waals surface area contributed by atoms with E-state index in [2.05, 4.69) is 32.9 Å². The van der Waals surface area contributed by atoms with Crippen LogP contribution in [0.1, 0.15) is 56.1 Å². The van der Waals surface area contributed by atoms with Gasteiger partial charge < -0.3 is 14.2 Å². The highest BCUT2D eigenvalue weighted by molar-refractivity contribution is 6.14. The van der Waals surface area contributed by atoms with Crippen LogP contribution in [0.3, 0.4) is 0 Å². The fraction of sp³-hybridized carbons (Fsp3) is 0.333. The number of benzene rings is 2. The first kappa shape index (κ1) is 20.6. The van der Waals surface area contributed by atoms with E-state index in [0.717, 1.165) is 5.56 Å². The van der Waals surface area contributed by atoms with Crippen molar-refractivity contribution >= 4 is 17.8 Å². The van der Waals surface area contributed by atoms with Crippen molar-refractivity contribution < 1.29 is 23.8 Å². The van der Waals surface area contributed by atoms with Gasteiger partial charge in [-0.2, -0.15) is 0 Å². The molecule has 0 saturated carbocycles. The number of ether oxygens (including phenoxy) is 3. The van der Waals surface area contributed by atoms with Gasteiger partial charge in [-0.05, 0) is 48.6 Å². The third kappa shape index (κ3) is 5.05. The molecule has 3 rings (SSSR count). The molecule has 0 atom stereocenters. The summed E-state index contributed by atoms with van der Waals surface area (Å²) in [4.78, 5) is 24.2. The molecule has 0 N–H and O–H groups in total. The SMILES string of the molecule is CC(C)OC(=O)COc1ccc2c(c1)OC(=Cc1ccc(C(C)(C)C)cc1)C2=O. The minimum Gasteiger partial charge on any atom is -0.482 e. The minimum atomic E-state index is -0.447. The number of rotatable bonds is 5. The fourth-order valence-electron chi connectivity index (χ4n) is 2.93. The Morgan fingerprint density at radius 1 is 1.10 bits per heavy atom. The lowest BCUT2D eigenvalue weighted by molar-refractivity contribution is -0.149. The lowest BCUT2D eigenvalue weighted by Crippen LogP contribution is -2.18. The molecule has 1 aliphatic rings. The average molecular weight is 394 g/mol. The normalized spacial score (nSPS) is 14.7. The Morgan fingerprint density at radius 3 is 2.41 bits per heavy atom. The van der Waals surface area contributed by atoms with Crippen molar-refractivity contribution in [3.8, 4) is 11.5 Å². The number of carbonyl (C=O) groups excluding carboxylic acids is 2. The Kier molecular flexibility index (Phi) is 5.78. The first-order valence-electron chi connectivity index (χ1n) is 9.64. The number of hydrogen-bond donors (Lipinski definition) is 0. The average Bonchev–Trinajstić information content (AvgIpc) is 2.94. The molecule has 29 heavy (non-hydrogen) atoms. The van der Waals surface area contributed by atoms with Gasteiger partial charge in [-0.15, -0.1) is 0 Å². The molecule has 1 heterocycles. The summed E-state index contributed by atoms with van der Waals surface area (Å²) in [5.41, 5.74) is 2.65. The van der Waals surface area contributed by atoms with Crippen LogP contribution in [0.4, 0.5) is 0 Å². The van der Waals surface area contributed by atoms with Crippen LogP contribution in [-0.2, 0) is 14.9 Å². The Balaban J connectivity index is 1.72. The zero-order valence-electron chi connectivity index (χ0n) is 17.4. The topological polar surface area (TPSA) is 61.8 Å². The Hall–Kier alpha value is -3.08. The number of Topliss-reactive ketones (excluding diaryl/α,β-unsaturated/α-hetero) is 1. The third-order valence-corrected chi connectivity index (χ3v) is 4.44. The molecular formula is C24H26O5. The number of carbonyl (C=O) groups is 2. The van der Waals surface area contributed by atoms with Crippen LogP contribution in [0.5, 0.6) is 11.5 Å². The Labute approximate surface area is 171 Å². The Bertz CT molecular complexity index is 946. The maximum Gasteiger partial charge on any atom is 0.344 e. The van der Waals surface area contributed by atoms with Crippen LogP contribution in [0, 0.1) is 0 Å². The summed E-state index contributed by atoms with van der Waals surface area (Å²) in [6, 6.07) is 13.0. The van der Waals surface area contributed by atoms with E-state index < -0.39 is 5.97 Å². The predicted octanol–water partition coefficient (Wildman–Crippen LogP) is 4.93. The van der Waals surface area contributed by atoms with Gasteiger partial charge in [0.05, 0.1) is 11.7 Å². The van der Waals surface area contributed by atoms with Crippen molar-refractivity contribution in [2.45, 2.75) is 46.1 Å². The lowest BCUT2D eigenvalue weighted by atomic mass is 9.86. The molecule has 0 amide bonds. The monoisotopic (exact) mass is 394 g/mol. The maximum atomic E-state index is 12.6. The van der Waals surface area contributed by atoms with Crippen molar-refractivity contribution in [2.24, 2.45) is 0 Å². The minimum absolute atomic E-state index is 0.0690. The lowest BCUT2D eigenvalue weighted by Gasteiger charge is -2.18. The van der Waals surface area contributed by atoms with Crippen LogP contribution in [0.2, 0.25) is 0 Å². The molecule has 1 aliphatic heterocycles. The van der Waals surface area contributed by atoms with Crippen molar-refractivity contribution in [1.82, 2.24) is 0 Å². The number of allylic oxidation sites excluding steroid dienone is 1. The van der Waals surface area contributed by atoms with Gasteiger partial charge in [0.2, 0.25) is 5.78 Å². The molecule has 5 nitrogen and oxygen atoms in total. The molecule has 5 heteroatoms. The highest BCUT2D eigenvalue weighted by atomic mass is 16.6. The second-order valence-corrected chi connectivity index (χ2v) is 8.30. The van der Waals surface area contributed by atoms with E-state index in [1.165, 1.54) is 5.56 Å². The summed E-state index contributed by atoms with van der Waals surface area (Å²) >= 11 is 0. The van der Waals surface area contributed by atoms with E-state index in [9.17, 15) is 9.59 Å². The van der Waals surface area contributed by atoms with Gasteiger partial charge >= 0.3 is 5.97 Å². The van der Waals surface area contributed by atoms with E-state index in [4.69, 9.17) is 14.2 Å². The molecule has 0 spiro atoms. The van der Waals surface area contributed by atoms with Crippen LogP contribution in [-0.4, -0.2) is 24.5 Å². The number of esters is 1. The van der Waals surface area contributed by atoms with Gasteiger partial charge in [-0.3, -0.25) is 4.79 Å². The zero-order chi connectivity index (χ0) is 21.2. The summed E-state index contributed by atoms with van der Waals surface area (Å²) in [5, 5.41) is 0. The summed E-state index contributed by atoms with van der Waals surface area (Å²) in [5.74, 6) is 0.498. The van der Waals surface area contributed by atoms with Gasteiger partial charge in [0.1, 0.15) is 11.5 Å². The highest BCUT2D eigenvalue weighted by Gasteiger charge is 2.28. The third-order valence-electron chi connectivity index (χ3n) is 4.44. The fourth-order valence-corrected chi connectivity index (χ4v) is 2.93. The molecule has 0 bridgehead atoms. The van der Waals surface area contributed by atoms with Crippen LogP contribution < -0.4 is 9.47 Å². The largest absolute Gasteiger partial charge is 0.482 e. The van der Waals surface area contributed by atoms with E-state index >= 15 is 0 Å². The smallest absolute Gasteiger partial charge is 0.344 e. The molecule has 2 aromatic rings. The van der Waals surface area contributed by atoms with Gasteiger partial charge in [0.25, 0.3) is 0 Å². The predicted molar refractivity (Wildman–Crippen MR) is 111 cm³/mol. The number of ketones is 1. The standard InChI is InChI=1S/C24H26O5/c1-15(2)28-22(25)14-27-18-10-11-19-20(13-18)29-21(23(19)26)12-16-6-8-17(9-7-16)24(3,4)5/h6-13,15H,14H2,1-5H3. The van der Waals surface area contributed by atoms with Gasteiger partial charge in [-0.25, -0.2) is 4.79 Å². The van der Waals surface area contributed by atoms with Crippen molar-refractivity contribution in [1.29, 1.82) is 0 Å². The van der Waals surface area contributed by atoms with Crippen molar-refractivity contribution in [2.75, 3.05) is 6.61 Å². The van der Waals surface area contributed by atoms with E-state index in [1.807, 2.05) is 12.1 Å². The summed E-state index contributed by atoms with van der Waals surface area (Å²) in [6.07, 6.45) is 1.53. The maximum absolute atomic E-state index is 12.6. The van der Waals surface area contributed by atoms with E-state index in [0.29, 0.717) is 17.1 Å². The number of fused-ring (bicyclic) bond motifs is 1. The molecular weight excluding hydrogens is 368 g/mol. The molecule has 0 aromatic heterocycles. The van der Waals surface area contributed by atoms with Gasteiger partial charge in [-0.1, -0.05) is 45.0 Å². The molecule has 2 aromatic carbocycles. The summed E-state index contributed by atoms with van der Waals surface area (Å²) in [6.45, 7) is 9.82. The summed E-state index contributed by atoms with van der Waals surface area (Å²) < 4.78 is 16.2. The van der Waals surface area contributed by atoms with Crippen molar-refractivity contribution in [3.63, 3.8) is 0 Å². The first-order valence-corrected chi connectivity index (χ1v) is 9.64. The van der Waals surface area contributed by atoms with Crippen LogP contribution in [0.15, 0.2) is 48.2 Å². The second kappa shape index (κ2) is 8.11. The Morgan fingerprint density at radius 2 is 1.79 bits per heavy atom. The summed E-state index contributed by atoms with van der Waals surface area (Å²) in [7, 11) is 0. The zero-order valence-corrected chi connectivity index (χ0v) is 17.4. The van der Waals surface area contributed by atoms with Crippen LogP contribution in [0.25, 0.3) is 6.08 Å². The molecule has 0 fully saturated rings. The highest BCUT2D eigenvalue weighted by Crippen LogP contribution is 2.35. The molecule has 0 saturated heterocycles. The first-order chi connectivity index (χ1) is 13.6. The second-order valence-electron chi connectivity index (χ2n) is 8.30. The molecule has 0 radical (unpaired) electrons. The molecule has 0 aliphatic carbocycles. The van der Waals surface area contributed by atoms with Gasteiger partial charge in [0.15, 0.2) is 12.4 Å². The van der Waals surface area contributed by atoms with E-state index in [1.54, 1.807) is 38.1 Å². The van der Waals surface area contributed by atoms with Gasteiger partial charge in [0, 0.05) is 6.07 Å². The molecule has 152 valence electrons. The van der Waals surface area contributed by atoms with Crippen LogP contribution >= 0.6 is 0 Å². The van der Waals surface area contributed by atoms with Crippen molar-refractivity contribution in [3.05, 3.63) is 64.9 Å². The quantitative estimate of drug-likeness (QED) is 0.531.